The summed E-state index contributed by atoms with van der Waals surface area (Å²) in [6.45, 7) is 3.74. The molecule has 0 fully saturated rings. The van der Waals surface area contributed by atoms with E-state index in [0.29, 0.717) is 17.4 Å². The highest BCUT2D eigenvalue weighted by molar-refractivity contribution is 5.65. The number of methoxy groups -OCH3 is 2. The minimum absolute atomic E-state index is 0.367. The SMILES string of the molecule is COc1cccc(-c2cc(-c3nc(C(C)(C)OC)no3)[nH]n2)c1. The fourth-order valence-electron chi connectivity index (χ4n) is 2.03. The van der Waals surface area contributed by atoms with Crippen LogP contribution in [0.25, 0.3) is 22.8 Å². The van der Waals surface area contributed by atoms with Crippen LogP contribution in [0.15, 0.2) is 34.9 Å². The standard InChI is InChI=1S/C16H18N4O3/c1-16(2,22-4)15-17-14(23-20-15)13-9-12(18-19-13)10-6-5-7-11(8-10)21-3/h5-9H,1-4H3,(H,18,19). The molecule has 23 heavy (non-hydrogen) atoms. The zero-order chi connectivity index (χ0) is 16.4. The van der Waals surface area contributed by atoms with E-state index in [1.807, 2.05) is 44.2 Å². The molecule has 0 bridgehead atoms. The molecule has 0 aliphatic heterocycles. The Morgan fingerprint density at radius 3 is 2.74 bits per heavy atom. The molecule has 0 radical (unpaired) electrons. The van der Waals surface area contributed by atoms with Gasteiger partial charge in [0.25, 0.3) is 5.89 Å². The fourth-order valence-corrected chi connectivity index (χ4v) is 2.03. The molecule has 0 saturated carbocycles. The molecule has 7 nitrogen and oxygen atoms in total. The minimum atomic E-state index is -0.614. The quantitative estimate of drug-likeness (QED) is 0.779. The van der Waals surface area contributed by atoms with Crippen LogP contribution in [0.4, 0.5) is 0 Å². The zero-order valence-electron chi connectivity index (χ0n) is 13.5. The summed E-state index contributed by atoms with van der Waals surface area (Å²) in [7, 11) is 3.24. The monoisotopic (exact) mass is 314 g/mol. The second kappa shape index (κ2) is 5.85. The molecule has 1 N–H and O–H groups in total. The van der Waals surface area contributed by atoms with E-state index in [9.17, 15) is 0 Å². The summed E-state index contributed by atoms with van der Waals surface area (Å²) >= 11 is 0. The molecule has 0 amide bonds. The van der Waals surface area contributed by atoms with Crippen LogP contribution in [-0.2, 0) is 10.3 Å². The second-order valence-corrected chi connectivity index (χ2v) is 5.54. The Bertz CT molecular complexity index is 807. The zero-order valence-corrected chi connectivity index (χ0v) is 13.5. The van der Waals surface area contributed by atoms with Crippen LogP contribution in [0.2, 0.25) is 0 Å². The van der Waals surface area contributed by atoms with Crippen molar-refractivity contribution in [2.45, 2.75) is 19.4 Å². The van der Waals surface area contributed by atoms with Crippen molar-refractivity contribution in [3.05, 3.63) is 36.2 Å². The van der Waals surface area contributed by atoms with Crippen LogP contribution in [-0.4, -0.2) is 34.6 Å². The molecule has 1 aromatic carbocycles. The highest BCUT2D eigenvalue weighted by Crippen LogP contribution is 2.27. The lowest BCUT2D eigenvalue weighted by molar-refractivity contribution is 0.00973. The number of hydrogen-bond acceptors (Lipinski definition) is 6. The third-order valence-corrected chi connectivity index (χ3v) is 3.65. The summed E-state index contributed by atoms with van der Waals surface area (Å²) in [4.78, 5) is 4.37. The van der Waals surface area contributed by atoms with Gasteiger partial charge in [0.15, 0.2) is 0 Å². The lowest BCUT2D eigenvalue weighted by Gasteiger charge is -2.17. The van der Waals surface area contributed by atoms with Gasteiger partial charge in [0.05, 0.1) is 12.8 Å². The number of nitrogens with one attached hydrogen (secondary N) is 1. The Morgan fingerprint density at radius 1 is 1.17 bits per heavy atom. The molecule has 2 aromatic heterocycles. The third kappa shape index (κ3) is 2.95. The Kier molecular flexibility index (Phi) is 3.87. The molecule has 3 rings (SSSR count). The van der Waals surface area contributed by atoms with Gasteiger partial charge in [-0.25, -0.2) is 0 Å². The average molecular weight is 314 g/mol. The van der Waals surface area contributed by atoms with E-state index in [0.717, 1.165) is 17.0 Å². The summed E-state index contributed by atoms with van der Waals surface area (Å²) in [5, 5.41) is 11.2. The molecule has 0 aliphatic carbocycles. The Morgan fingerprint density at radius 2 is 2.00 bits per heavy atom. The van der Waals surface area contributed by atoms with Gasteiger partial charge >= 0.3 is 0 Å². The van der Waals surface area contributed by atoms with Gasteiger partial charge in [-0.1, -0.05) is 17.3 Å². The van der Waals surface area contributed by atoms with Gasteiger partial charge in [0.2, 0.25) is 5.82 Å². The van der Waals surface area contributed by atoms with Crippen LogP contribution in [0, 0.1) is 0 Å². The van der Waals surface area contributed by atoms with Gasteiger partial charge in [-0.2, -0.15) is 10.1 Å². The second-order valence-electron chi connectivity index (χ2n) is 5.54. The Balaban J connectivity index is 1.90. The van der Waals surface area contributed by atoms with E-state index in [4.69, 9.17) is 14.0 Å². The van der Waals surface area contributed by atoms with Crippen LogP contribution in [0.1, 0.15) is 19.7 Å². The first kappa shape index (κ1) is 15.2. The molecule has 120 valence electrons. The molecule has 7 heteroatoms. The molecule has 3 aromatic rings. The van der Waals surface area contributed by atoms with Crippen LogP contribution < -0.4 is 4.74 Å². The van der Waals surface area contributed by atoms with Gasteiger partial charge < -0.3 is 14.0 Å². The Hall–Kier alpha value is -2.67. The van der Waals surface area contributed by atoms with E-state index in [2.05, 4.69) is 20.3 Å². The van der Waals surface area contributed by atoms with E-state index in [-0.39, 0.29) is 0 Å². The van der Waals surface area contributed by atoms with Gasteiger partial charge in [-0.3, -0.25) is 5.10 Å². The minimum Gasteiger partial charge on any atom is -0.497 e. The predicted octanol–water partition coefficient (Wildman–Crippen LogP) is 3.02. The number of nitrogens with zero attached hydrogens (tertiary/aromatic N) is 3. The highest BCUT2D eigenvalue weighted by Gasteiger charge is 2.27. The van der Waals surface area contributed by atoms with Crippen LogP contribution in [0.3, 0.4) is 0 Å². The van der Waals surface area contributed by atoms with Gasteiger partial charge in [-0.05, 0) is 32.0 Å². The average Bonchev–Trinajstić information content (AvgIpc) is 3.24. The molecule has 0 unspecified atom stereocenters. The first-order valence-corrected chi connectivity index (χ1v) is 7.13. The van der Waals surface area contributed by atoms with E-state index >= 15 is 0 Å². The van der Waals surface area contributed by atoms with Gasteiger partial charge in [-0.15, -0.1) is 0 Å². The summed E-state index contributed by atoms with van der Waals surface area (Å²) in [6, 6.07) is 9.51. The molecular formula is C16H18N4O3. The maximum absolute atomic E-state index is 5.35. The van der Waals surface area contributed by atoms with Gasteiger partial charge in [0, 0.05) is 12.7 Å². The molecule has 0 aliphatic rings. The maximum atomic E-state index is 5.35. The number of hydrogen-bond donors (Lipinski definition) is 1. The van der Waals surface area contributed by atoms with E-state index in [1.54, 1.807) is 14.2 Å². The van der Waals surface area contributed by atoms with Crippen molar-refractivity contribution in [2.24, 2.45) is 0 Å². The number of rotatable bonds is 5. The predicted molar refractivity (Wildman–Crippen MR) is 83.9 cm³/mol. The molecular weight excluding hydrogens is 296 g/mol. The topological polar surface area (TPSA) is 86.1 Å². The summed E-state index contributed by atoms with van der Waals surface area (Å²) in [6.07, 6.45) is 0. The lowest BCUT2D eigenvalue weighted by atomic mass is 10.1. The van der Waals surface area contributed by atoms with Crippen LogP contribution >= 0.6 is 0 Å². The summed E-state index contributed by atoms with van der Waals surface area (Å²) < 4.78 is 15.9. The highest BCUT2D eigenvalue weighted by atomic mass is 16.5. The van der Waals surface area contributed by atoms with Gasteiger partial charge in [0.1, 0.15) is 17.0 Å². The first-order chi connectivity index (χ1) is 11.0. The van der Waals surface area contributed by atoms with E-state index < -0.39 is 5.60 Å². The maximum Gasteiger partial charge on any atom is 0.276 e. The van der Waals surface area contributed by atoms with Crippen molar-refractivity contribution in [2.75, 3.05) is 14.2 Å². The number of benzene rings is 1. The van der Waals surface area contributed by atoms with Crippen molar-refractivity contribution in [3.63, 3.8) is 0 Å². The first-order valence-electron chi connectivity index (χ1n) is 7.13. The van der Waals surface area contributed by atoms with Crippen LogP contribution in [0.5, 0.6) is 5.75 Å². The number of aromatic amines is 1. The van der Waals surface area contributed by atoms with Crippen molar-refractivity contribution >= 4 is 0 Å². The Labute approximate surface area is 133 Å². The third-order valence-electron chi connectivity index (χ3n) is 3.65. The normalized spacial score (nSPS) is 11.7. The van der Waals surface area contributed by atoms with Crippen molar-refractivity contribution in [3.8, 4) is 28.6 Å². The van der Waals surface area contributed by atoms with Crippen molar-refractivity contribution < 1.29 is 14.0 Å². The largest absolute Gasteiger partial charge is 0.497 e. The number of aromatic nitrogens is 4. The number of ether oxygens (including phenoxy) is 2. The smallest absolute Gasteiger partial charge is 0.276 e. The summed E-state index contributed by atoms with van der Waals surface area (Å²) in [5.41, 5.74) is 1.74. The van der Waals surface area contributed by atoms with Crippen molar-refractivity contribution in [1.29, 1.82) is 0 Å². The molecule has 2 heterocycles. The fraction of sp³-hybridized carbons (Fsp3) is 0.312. The molecule has 0 atom stereocenters. The lowest BCUT2D eigenvalue weighted by Crippen LogP contribution is -2.21. The number of H-pyrrole nitrogens is 1. The summed E-state index contributed by atoms with van der Waals surface area (Å²) in [5.74, 6) is 1.62. The van der Waals surface area contributed by atoms with Crippen molar-refractivity contribution in [1.82, 2.24) is 20.3 Å². The molecule has 0 saturated heterocycles. The molecule has 0 spiro atoms. The van der Waals surface area contributed by atoms with E-state index in [1.165, 1.54) is 0 Å².